The standard InChI is InChI=1S/C13H15F2NO3.C5H4BrN3O/c1-2-3-11(13(18)19)16-12(17)6-8-4-9(14)7-10(15)5-8;6-3-1-8-5(4(7)10)9-2-3/h4-5,7,11H,2-3,6H2,1H3,(H,16,17)(H,18,19);1-2H,(H2,7,10). The van der Waals surface area contributed by atoms with Gasteiger partial charge in [0.25, 0.3) is 5.91 Å². The van der Waals surface area contributed by atoms with E-state index in [1.54, 1.807) is 6.92 Å². The second-order valence-electron chi connectivity index (χ2n) is 5.79. The number of nitrogens with zero attached hydrogens (tertiary/aromatic N) is 2. The van der Waals surface area contributed by atoms with Gasteiger partial charge < -0.3 is 16.2 Å². The summed E-state index contributed by atoms with van der Waals surface area (Å²) >= 11 is 3.12. The number of hydrogen-bond acceptors (Lipinski definition) is 5. The third-order valence-electron chi connectivity index (χ3n) is 3.34. The highest BCUT2D eigenvalue weighted by atomic mass is 79.9. The average molecular weight is 473 g/mol. The first-order valence-electron chi connectivity index (χ1n) is 8.36. The van der Waals surface area contributed by atoms with Gasteiger partial charge in [-0.3, -0.25) is 9.59 Å². The van der Waals surface area contributed by atoms with Gasteiger partial charge in [-0.2, -0.15) is 0 Å². The molecule has 0 aliphatic heterocycles. The predicted molar refractivity (Wildman–Crippen MR) is 103 cm³/mol. The molecule has 2 amide bonds. The van der Waals surface area contributed by atoms with E-state index >= 15 is 0 Å². The Morgan fingerprint density at radius 3 is 2.17 bits per heavy atom. The highest BCUT2D eigenvalue weighted by Crippen LogP contribution is 2.09. The van der Waals surface area contributed by atoms with E-state index in [-0.39, 0.29) is 17.8 Å². The summed E-state index contributed by atoms with van der Waals surface area (Å²) in [6, 6.07) is 1.81. The van der Waals surface area contributed by atoms with Crippen LogP contribution in [0.2, 0.25) is 0 Å². The van der Waals surface area contributed by atoms with Crippen LogP contribution in [0.3, 0.4) is 0 Å². The Hall–Kier alpha value is -2.95. The highest BCUT2D eigenvalue weighted by molar-refractivity contribution is 9.10. The van der Waals surface area contributed by atoms with E-state index < -0.39 is 35.5 Å². The zero-order valence-electron chi connectivity index (χ0n) is 15.4. The molecular weight excluding hydrogens is 454 g/mol. The van der Waals surface area contributed by atoms with Gasteiger partial charge >= 0.3 is 5.97 Å². The summed E-state index contributed by atoms with van der Waals surface area (Å²) in [4.78, 5) is 40.1. The third kappa shape index (κ3) is 9.19. The van der Waals surface area contributed by atoms with Gasteiger partial charge in [-0.05, 0) is 40.0 Å². The molecule has 156 valence electrons. The average Bonchev–Trinajstić information content (AvgIpc) is 2.61. The number of aromatic nitrogens is 2. The summed E-state index contributed by atoms with van der Waals surface area (Å²) in [7, 11) is 0. The monoisotopic (exact) mass is 472 g/mol. The number of hydrogen-bond donors (Lipinski definition) is 3. The summed E-state index contributed by atoms with van der Waals surface area (Å²) in [6.45, 7) is 1.80. The van der Waals surface area contributed by atoms with Crippen molar-refractivity contribution in [3.8, 4) is 0 Å². The SMILES string of the molecule is CCCC(NC(=O)Cc1cc(F)cc(F)c1)C(=O)O.NC(=O)c1ncc(Br)cn1. The molecule has 0 fully saturated rings. The second-order valence-corrected chi connectivity index (χ2v) is 6.71. The van der Waals surface area contributed by atoms with E-state index in [1.807, 2.05) is 0 Å². The molecule has 29 heavy (non-hydrogen) atoms. The topological polar surface area (TPSA) is 135 Å². The molecule has 1 aromatic heterocycles. The molecule has 0 spiro atoms. The number of primary amides is 1. The molecule has 0 aliphatic carbocycles. The van der Waals surface area contributed by atoms with Gasteiger partial charge in [0.15, 0.2) is 0 Å². The summed E-state index contributed by atoms with van der Waals surface area (Å²) in [5, 5.41) is 11.2. The van der Waals surface area contributed by atoms with Crippen LogP contribution in [-0.2, 0) is 16.0 Å². The van der Waals surface area contributed by atoms with E-state index in [0.29, 0.717) is 18.9 Å². The molecule has 0 aliphatic rings. The van der Waals surface area contributed by atoms with Crippen LogP contribution < -0.4 is 11.1 Å². The van der Waals surface area contributed by atoms with E-state index in [1.165, 1.54) is 12.4 Å². The molecule has 0 saturated carbocycles. The van der Waals surface area contributed by atoms with Gasteiger partial charge in [-0.25, -0.2) is 23.5 Å². The molecule has 1 heterocycles. The number of aliphatic carboxylic acids is 1. The number of carboxylic acid groups (broad SMARTS) is 1. The lowest BCUT2D eigenvalue weighted by molar-refractivity contribution is -0.141. The molecule has 11 heteroatoms. The molecule has 8 nitrogen and oxygen atoms in total. The highest BCUT2D eigenvalue weighted by Gasteiger charge is 2.19. The van der Waals surface area contributed by atoms with E-state index in [9.17, 15) is 23.2 Å². The molecule has 2 rings (SSSR count). The fraction of sp³-hybridized carbons (Fsp3) is 0.278. The maximum atomic E-state index is 12.9. The number of rotatable bonds is 7. The van der Waals surface area contributed by atoms with Crippen molar-refractivity contribution in [2.24, 2.45) is 5.73 Å². The van der Waals surface area contributed by atoms with Crippen LogP contribution in [0, 0.1) is 11.6 Å². The molecule has 0 bridgehead atoms. The van der Waals surface area contributed by atoms with Crippen molar-refractivity contribution in [1.82, 2.24) is 15.3 Å². The summed E-state index contributed by atoms with van der Waals surface area (Å²) in [6.07, 6.45) is 3.58. The van der Waals surface area contributed by atoms with Gasteiger partial charge in [-0.1, -0.05) is 13.3 Å². The minimum Gasteiger partial charge on any atom is -0.480 e. The molecule has 1 unspecified atom stereocenters. The van der Waals surface area contributed by atoms with Gasteiger partial charge in [0.1, 0.15) is 17.7 Å². The van der Waals surface area contributed by atoms with Crippen molar-refractivity contribution in [3.63, 3.8) is 0 Å². The summed E-state index contributed by atoms with van der Waals surface area (Å²) in [5.41, 5.74) is 5.05. The van der Waals surface area contributed by atoms with E-state index in [2.05, 4.69) is 31.2 Å². The fourth-order valence-electron chi connectivity index (χ4n) is 2.13. The molecule has 1 atom stereocenters. The molecule has 4 N–H and O–H groups in total. The second kappa shape index (κ2) is 11.8. The van der Waals surface area contributed by atoms with Crippen LogP contribution in [0.15, 0.2) is 35.1 Å². The molecule has 1 aromatic carbocycles. The lowest BCUT2D eigenvalue weighted by Crippen LogP contribution is -2.41. The van der Waals surface area contributed by atoms with Crippen molar-refractivity contribution in [3.05, 3.63) is 58.1 Å². The van der Waals surface area contributed by atoms with Crippen molar-refractivity contribution < 1.29 is 28.3 Å². The largest absolute Gasteiger partial charge is 0.480 e. The Balaban J connectivity index is 0.000000352. The van der Waals surface area contributed by atoms with E-state index in [4.69, 9.17) is 10.8 Å². The van der Waals surface area contributed by atoms with Gasteiger partial charge in [0, 0.05) is 18.5 Å². The third-order valence-corrected chi connectivity index (χ3v) is 3.75. The number of benzene rings is 1. The number of halogens is 3. The smallest absolute Gasteiger partial charge is 0.326 e. The van der Waals surface area contributed by atoms with Crippen LogP contribution in [0.1, 0.15) is 35.9 Å². The maximum absolute atomic E-state index is 12.9. The lowest BCUT2D eigenvalue weighted by Gasteiger charge is -2.13. The predicted octanol–water partition coefficient (Wildman–Crippen LogP) is 2.21. The van der Waals surface area contributed by atoms with Gasteiger partial charge in [-0.15, -0.1) is 0 Å². The van der Waals surface area contributed by atoms with Crippen LogP contribution in [0.4, 0.5) is 8.78 Å². The number of nitrogens with one attached hydrogen (secondary N) is 1. The number of nitrogens with two attached hydrogens (primary N) is 1. The zero-order chi connectivity index (χ0) is 22.0. The minimum absolute atomic E-state index is 0.0307. The number of carbonyl (C=O) groups excluding carboxylic acids is 2. The van der Waals surface area contributed by atoms with Crippen molar-refractivity contribution in [2.45, 2.75) is 32.2 Å². The Labute approximate surface area is 173 Å². The van der Waals surface area contributed by atoms with Crippen LogP contribution >= 0.6 is 15.9 Å². The molecule has 0 saturated heterocycles. The number of amides is 2. The Kier molecular flexibility index (Phi) is 9.80. The first kappa shape index (κ1) is 24.1. The van der Waals surface area contributed by atoms with Crippen LogP contribution in [0.25, 0.3) is 0 Å². The quantitative estimate of drug-likeness (QED) is 0.565. The fourth-order valence-corrected chi connectivity index (χ4v) is 2.33. The number of carbonyl (C=O) groups is 3. The van der Waals surface area contributed by atoms with Gasteiger partial charge in [0.05, 0.1) is 10.9 Å². The molecular formula is C18H19BrF2N4O4. The van der Waals surface area contributed by atoms with Gasteiger partial charge in [0.2, 0.25) is 11.7 Å². The molecule has 2 aromatic rings. The number of carboxylic acids is 1. The first-order valence-corrected chi connectivity index (χ1v) is 9.16. The van der Waals surface area contributed by atoms with Crippen molar-refractivity contribution in [2.75, 3.05) is 0 Å². The Morgan fingerprint density at radius 2 is 1.72 bits per heavy atom. The first-order chi connectivity index (χ1) is 13.6. The van der Waals surface area contributed by atoms with Crippen molar-refractivity contribution in [1.29, 1.82) is 0 Å². The summed E-state index contributed by atoms with van der Waals surface area (Å²) in [5.74, 6) is -3.83. The lowest BCUT2D eigenvalue weighted by atomic mass is 10.1. The normalized spacial score (nSPS) is 11.0. The zero-order valence-corrected chi connectivity index (χ0v) is 16.9. The summed E-state index contributed by atoms with van der Waals surface area (Å²) < 4.78 is 26.6. The van der Waals surface area contributed by atoms with Crippen LogP contribution in [0.5, 0.6) is 0 Å². The van der Waals surface area contributed by atoms with Crippen molar-refractivity contribution >= 4 is 33.7 Å². The Morgan fingerprint density at radius 1 is 1.17 bits per heavy atom. The van der Waals surface area contributed by atoms with E-state index in [0.717, 1.165) is 16.6 Å². The molecule has 0 radical (unpaired) electrons. The van der Waals surface area contributed by atoms with Crippen LogP contribution in [-0.4, -0.2) is 38.9 Å². The Bertz CT molecular complexity index is 845. The minimum atomic E-state index is -1.12. The maximum Gasteiger partial charge on any atom is 0.326 e.